The van der Waals surface area contributed by atoms with Gasteiger partial charge in [-0.2, -0.15) is 0 Å². The zero-order valence-corrected chi connectivity index (χ0v) is 16.7. The van der Waals surface area contributed by atoms with Crippen LogP contribution in [0.5, 0.6) is 0 Å². The molecule has 5 nitrogen and oxygen atoms in total. The SMILES string of the molecule is C[C@H](Nc1ccccc1SCC(N)=O)C(=O)NC12CC3CC(CC(C3)C1)C2. The number of primary amides is 1. The number of anilines is 1. The summed E-state index contributed by atoms with van der Waals surface area (Å²) in [6.07, 6.45) is 7.57. The van der Waals surface area contributed by atoms with Gasteiger partial charge in [-0.25, -0.2) is 0 Å². The smallest absolute Gasteiger partial charge is 0.242 e. The van der Waals surface area contributed by atoms with Gasteiger partial charge in [0.05, 0.1) is 5.75 Å². The lowest BCUT2D eigenvalue weighted by atomic mass is 9.53. The number of rotatable bonds is 7. The molecule has 0 radical (unpaired) electrons. The molecule has 0 spiro atoms. The van der Waals surface area contributed by atoms with E-state index in [4.69, 9.17) is 5.73 Å². The van der Waals surface area contributed by atoms with Crippen molar-refractivity contribution < 1.29 is 9.59 Å². The number of carbonyl (C=O) groups is 2. The molecule has 5 rings (SSSR count). The molecule has 0 aliphatic heterocycles. The van der Waals surface area contributed by atoms with Gasteiger partial charge in [0.25, 0.3) is 0 Å². The fraction of sp³-hybridized carbons (Fsp3) is 0.619. The van der Waals surface area contributed by atoms with E-state index in [0.29, 0.717) is 0 Å². The predicted molar refractivity (Wildman–Crippen MR) is 108 cm³/mol. The zero-order chi connectivity index (χ0) is 19.0. The average Bonchev–Trinajstić information content (AvgIpc) is 2.59. The fourth-order valence-corrected chi connectivity index (χ4v) is 6.55. The summed E-state index contributed by atoms with van der Waals surface area (Å²) in [4.78, 5) is 25.0. The van der Waals surface area contributed by atoms with Crippen LogP contribution in [0.4, 0.5) is 5.69 Å². The lowest BCUT2D eigenvalue weighted by molar-refractivity contribution is -0.127. The van der Waals surface area contributed by atoms with E-state index in [1.807, 2.05) is 31.2 Å². The van der Waals surface area contributed by atoms with E-state index in [-0.39, 0.29) is 29.1 Å². The van der Waals surface area contributed by atoms with Crippen molar-refractivity contribution in [3.05, 3.63) is 24.3 Å². The Kier molecular flexibility index (Phi) is 5.10. The molecule has 1 aromatic rings. The van der Waals surface area contributed by atoms with Gasteiger partial charge in [0.15, 0.2) is 0 Å². The Hall–Kier alpha value is -1.69. The van der Waals surface area contributed by atoms with E-state index in [2.05, 4.69) is 10.6 Å². The molecular formula is C21H29N3O2S. The lowest BCUT2D eigenvalue weighted by Crippen LogP contribution is -2.61. The second-order valence-electron chi connectivity index (χ2n) is 8.80. The van der Waals surface area contributed by atoms with Crippen LogP contribution < -0.4 is 16.4 Å². The Bertz CT molecular complexity index is 701. The van der Waals surface area contributed by atoms with E-state index >= 15 is 0 Å². The third-order valence-electron chi connectivity index (χ3n) is 6.45. The number of hydrogen-bond acceptors (Lipinski definition) is 4. The standard InChI is InChI=1S/C21H29N3O2S/c1-13(23-17-4-2-3-5-18(17)27-12-19(22)25)20(26)24-21-9-14-6-15(10-21)8-16(7-14)11-21/h2-5,13-16,23H,6-12H2,1H3,(H2,22,25)(H,24,26)/t13-,14?,15?,16?,21?/m0/s1. The van der Waals surface area contributed by atoms with E-state index in [0.717, 1.165) is 47.6 Å². The van der Waals surface area contributed by atoms with Crippen LogP contribution in [0.15, 0.2) is 29.2 Å². The molecule has 4 fully saturated rings. The first-order valence-corrected chi connectivity index (χ1v) is 11.0. The lowest BCUT2D eigenvalue weighted by Gasteiger charge is -2.57. The number of para-hydroxylation sites is 1. The first kappa shape index (κ1) is 18.7. The van der Waals surface area contributed by atoms with E-state index < -0.39 is 0 Å². The number of amides is 2. The normalized spacial score (nSPS) is 32.1. The number of thioether (sulfide) groups is 1. The second kappa shape index (κ2) is 7.38. The molecule has 1 aromatic carbocycles. The quantitative estimate of drug-likeness (QED) is 0.628. The van der Waals surface area contributed by atoms with E-state index in [1.54, 1.807) is 0 Å². The van der Waals surface area contributed by atoms with Gasteiger partial charge in [-0.1, -0.05) is 12.1 Å². The minimum atomic E-state index is -0.345. The zero-order valence-electron chi connectivity index (χ0n) is 15.9. The molecule has 146 valence electrons. The van der Waals surface area contributed by atoms with E-state index in [1.165, 1.54) is 31.0 Å². The highest BCUT2D eigenvalue weighted by Crippen LogP contribution is 2.55. The fourth-order valence-electron chi connectivity index (χ4n) is 5.79. The van der Waals surface area contributed by atoms with Crippen LogP contribution >= 0.6 is 11.8 Å². The van der Waals surface area contributed by atoms with Crippen LogP contribution in [0.25, 0.3) is 0 Å². The molecule has 4 aliphatic carbocycles. The van der Waals surface area contributed by atoms with Crippen molar-refractivity contribution in [2.75, 3.05) is 11.1 Å². The van der Waals surface area contributed by atoms with Crippen LogP contribution in [0, 0.1) is 17.8 Å². The molecule has 0 heterocycles. The van der Waals surface area contributed by atoms with Gasteiger partial charge in [-0.05, 0) is 75.3 Å². The molecule has 4 saturated carbocycles. The molecule has 0 aromatic heterocycles. The monoisotopic (exact) mass is 387 g/mol. The summed E-state index contributed by atoms with van der Waals surface area (Å²) in [7, 11) is 0. The minimum absolute atomic E-state index is 0.0298. The summed E-state index contributed by atoms with van der Waals surface area (Å²) in [6, 6.07) is 7.42. The van der Waals surface area contributed by atoms with Crippen LogP contribution in [0.2, 0.25) is 0 Å². The molecule has 0 saturated heterocycles. The molecule has 27 heavy (non-hydrogen) atoms. The summed E-state index contributed by atoms with van der Waals surface area (Å²) < 4.78 is 0. The summed E-state index contributed by atoms with van der Waals surface area (Å²) in [5, 5.41) is 6.76. The molecule has 4 N–H and O–H groups in total. The average molecular weight is 388 g/mol. The Labute approximate surface area is 165 Å². The van der Waals surface area contributed by atoms with Crippen LogP contribution in [-0.4, -0.2) is 29.1 Å². The molecule has 0 unspecified atom stereocenters. The van der Waals surface area contributed by atoms with Crippen molar-refractivity contribution in [1.29, 1.82) is 0 Å². The summed E-state index contributed by atoms with van der Waals surface area (Å²) in [5.74, 6) is 2.39. The van der Waals surface area contributed by atoms with Gasteiger partial charge in [0.2, 0.25) is 11.8 Å². The van der Waals surface area contributed by atoms with E-state index in [9.17, 15) is 9.59 Å². The number of nitrogens with one attached hydrogen (secondary N) is 2. The number of nitrogens with two attached hydrogens (primary N) is 1. The van der Waals surface area contributed by atoms with Gasteiger partial charge in [0.1, 0.15) is 6.04 Å². The molecule has 4 bridgehead atoms. The molecule has 1 atom stereocenters. The van der Waals surface area contributed by atoms with Crippen molar-refractivity contribution in [2.24, 2.45) is 23.5 Å². The number of carbonyl (C=O) groups excluding carboxylic acids is 2. The van der Waals surface area contributed by atoms with Gasteiger partial charge >= 0.3 is 0 Å². The molecule has 6 heteroatoms. The summed E-state index contributed by atoms with van der Waals surface area (Å²) in [5.41, 5.74) is 6.16. The van der Waals surface area contributed by atoms with Crippen molar-refractivity contribution in [3.63, 3.8) is 0 Å². The third-order valence-corrected chi connectivity index (χ3v) is 7.54. The van der Waals surface area contributed by atoms with Crippen LogP contribution in [-0.2, 0) is 9.59 Å². The van der Waals surface area contributed by atoms with Crippen LogP contribution in [0.1, 0.15) is 45.4 Å². The first-order valence-electron chi connectivity index (χ1n) is 10.0. The Morgan fingerprint density at radius 2 is 1.74 bits per heavy atom. The Morgan fingerprint density at radius 3 is 2.33 bits per heavy atom. The van der Waals surface area contributed by atoms with Gasteiger partial charge in [-0.3, -0.25) is 9.59 Å². The van der Waals surface area contributed by atoms with Crippen LogP contribution in [0.3, 0.4) is 0 Å². The predicted octanol–water partition coefficient (Wildman–Crippen LogP) is 3.15. The van der Waals surface area contributed by atoms with Crippen molar-refractivity contribution in [3.8, 4) is 0 Å². The largest absolute Gasteiger partial charge is 0.373 e. The maximum Gasteiger partial charge on any atom is 0.242 e. The highest BCUT2D eigenvalue weighted by atomic mass is 32.2. The highest BCUT2D eigenvalue weighted by molar-refractivity contribution is 8.00. The third kappa shape index (κ3) is 4.10. The van der Waals surface area contributed by atoms with Gasteiger partial charge in [-0.15, -0.1) is 11.8 Å². The van der Waals surface area contributed by atoms with Gasteiger partial charge in [0, 0.05) is 16.1 Å². The maximum absolute atomic E-state index is 13.0. The molecule has 2 amide bonds. The summed E-state index contributed by atoms with van der Waals surface area (Å²) in [6.45, 7) is 1.91. The molecular weight excluding hydrogens is 358 g/mol. The van der Waals surface area contributed by atoms with Gasteiger partial charge < -0.3 is 16.4 Å². The van der Waals surface area contributed by atoms with Crippen molar-refractivity contribution in [1.82, 2.24) is 5.32 Å². The Morgan fingerprint density at radius 1 is 1.15 bits per heavy atom. The molecule has 4 aliphatic rings. The topological polar surface area (TPSA) is 84.2 Å². The summed E-state index contributed by atoms with van der Waals surface area (Å²) >= 11 is 1.40. The first-order chi connectivity index (χ1) is 12.9. The Balaban J connectivity index is 1.40. The highest BCUT2D eigenvalue weighted by Gasteiger charge is 2.51. The van der Waals surface area contributed by atoms with Crippen molar-refractivity contribution >= 4 is 29.3 Å². The second-order valence-corrected chi connectivity index (χ2v) is 9.82. The number of hydrogen-bond donors (Lipinski definition) is 3. The number of benzene rings is 1. The maximum atomic E-state index is 13.0. The minimum Gasteiger partial charge on any atom is -0.373 e. The van der Waals surface area contributed by atoms with Crippen molar-refractivity contribution in [2.45, 2.75) is 61.9 Å².